The van der Waals surface area contributed by atoms with Crippen LogP contribution in [-0.2, 0) is 22.5 Å². The number of rotatable bonds is 3. The molecule has 2 aromatic rings. The van der Waals surface area contributed by atoms with Crippen molar-refractivity contribution >= 4 is 17.5 Å². The number of halogens is 1. The van der Waals surface area contributed by atoms with Crippen molar-refractivity contribution in [3.63, 3.8) is 0 Å². The van der Waals surface area contributed by atoms with Crippen molar-refractivity contribution in [1.29, 1.82) is 0 Å². The molecule has 1 N–H and O–H groups in total. The highest BCUT2D eigenvalue weighted by Gasteiger charge is 2.25. The van der Waals surface area contributed by atoms with E-state index in [2.05, 4.69) is 10.2 Å². The molecule has 0 bridgehead atoms. The Morgan fingerprint density at radius 1 is 1.43 bits per heavy atom. The summed E-state index contributed by atoms with van der Waals surface area (Å²) in [6.07, 6.45) is 0.783. The van der Waals surface area contributed by atoms with Crippen LogP contribution in [0.25, 0.3) is 11.3 Å². The third kappa shape index (κ3) is 2.80. The summed E-state index contributed by atoms with van der Waals surface area (Å²) in [6.45, 7) is 1.37. The van der Waals surface area contributed by atoms with Gasteiger partial charge in [-0.2, -0.15) is 5.10 Å². The Hall–Kier alpha value is -1.85. The lowest BCUT2D eigenvalue weighted by molar-refractivity contribution is -0.136. The van der Waals surface area contributed by atoms with Gasteiger partial charge in [0.2, 0.25) is 5.91 Å². The van der Waals surface area contributed by atoms with Crippen LogP contribution >= 0.6 is 11.6 Å². The molecule has 3 rings (SSSR count). The first-order chi connectivity index (χ1) is 10.2. The monoisotopic (exact) mass is 305 g/mol. The van der Waals surface area contributed by atoms with Crippen molar-refractivity contribution in [2.45, 2.75) is 13.0 Å². The Balaban J connectivity index is 1.89. The largest absolute Gasteiger partial charge is 0.375 e. The van der Waals surface area contributed by atoms with Crippen LogP contribution in [0.5, 0.6) is 0 Å². The minimum Gasteiger partial charge on any atom is -0.375 e. The van der Waals surface area contributed by atoms with E-state index in [1.165, 1.54) is 7.11 Å². The maximum atomic E-state index is 12.0. The molecule has 1 aromatic carbocycles. The zero-order valence-corrected chi connectivity index (χ0v) is 12.5. The molecule has 0 unspecified atom stereocenters. The number of carbonyl (C=O) groups excluding carboxylic acids is 1. The number of carbonyl (C=O) groups is 1. The first kappa shape index (κ1) is 14.1. The molecule has 0 saturated carbocycles. The van der Waals surface area contributed by atoms with Crippen molar-refractivity contribution in [3.05, 3.63) is 40.5 Å². The quantitative estimate of drug-likeness (QED) is 0.946. The van der Waals surface area contributed by atoms with Gasteiger partial charge in [0.05, 0.1) is 5.69 Å². The fraction of sp³-hybridized carbons (Fsp3) is 0.333. The second kappa shape index (κ2) is 5.87. The lowest BCUT2D eigenvalue weighted by atomic mass is 10.0. The summed E-state index contributed by atoms with van der Waals surface area (Å²) in [5.41, 5.74) is 4.06. The molecule has 0 spiro atoms. The van der Waals surface area contributed by atoms with Gasteiger partial charge in [-0.25, -0.2) is 0 Å². The first-order valence-corrected chi connectivity index (χ1v) is 7.15. The lowest BCUT2D eigenvalue weighted by Crippen LogP contribution is -2.37. The van der Waals surface area contributed by atoms with Crippen molar-refractivity contribution in [3.8, 4) is 11.3 Å². The standard InChI is InChI=1S/C15H16ClN3O2/c1-21-9-14(20)19-7-6-13-12(8-19)15(18-17-13)10-2-4-11(16)5-3-10/h2-5H,6-9H2,1H3,(H,17,18). The summed E-state index contributed by atoms with van der Waals surface area (Å²) in [5, 5.41) is 8.17. The second-order valence-corrected chi connectivity index (χ2v) is 5.47. The highest BCUT2D eigenvalue weighted by molar-refractivity contribution is 6.30. The normalized spacial score (nSPS) is 14.1. The number of hydrogen-bond donors (Lipinski definition) is 1. The number of amides is 1. The van der Waals surface area contributed by atoms with E-state index in [1.54, 1.807) is 4.90 Å². The molecule has 0 atom stereocenters. The van der Waals surface area contributed by atoms with Gasteiger partial charge in [-0.3, -0.25) is 9.89 Å². The third-order valence-corrected chi connectivity index (χ3v) is 3.92. The van der Waals surface area contributed by atoms with E-state index in [0.29, 0.717) is 18.1 Å². The van der Waals surface area contributed by atoms with E-state index < -0.39 is 0 Å². The summed E-state index contributed by atoms with van der Waals surface area (Å²) in [6, 6.07) is 7.56. The van der Waals surface area contributed by atoms with Crippen molar-refractivity contribution in [2.24, 2.45) is 0 Å². The number of benzene rings is 1. The fourth-order valence-electron chi connectivity index (χ4n) is 2.57. The highest BCUT2D eigenvalue weighted by atomic mass is 35.5. The number of aromatic amines is 1. The van der Waals surface area contributed by atoms with Crippen LogP contribution < -0.4 is 0 Å². The number of nitrogens with one attached hydrogen (secondary N) is 1. The van der Waals surface area contributed by atoms with Crippen LogP contribution in [0.2, 0.25) is 5.02 Å². The highest BCUT2D eigenvalue weighted by Crippen LogP contribution is 2.29. The molecule has 6 heteroatoms. The molecule has 5 nitrogen and oxygen atoms in total. The lowest BCUT2D eigenvalue weighted by Gasteiger charge is -2.27. The molecule has 1 aromatic heterocycles. The van der Waals surface area contributed by atoms with Crippen molar-refractivity contribution in [1.82, 2.24) is 15.1 Å². The molecule has 2 heterocycles. The molecule has 110 valence electrons. The van der Waals surface area contributed by atoms with E-state index in [0.717, 1.165) is 28.9 Å². The fourth-order valence-corrected chi connectivity index (χ4v) is 2.70. The van der Waals surface area contributed by atoms with E-state index >= 15 is 0 Å². The molecule has 1 aliphatic rings. The summed E-state index contributed by atoms with van der Waals surface area (Å²) < 4.78 is 4.93. The van der Waals surface area contributed by atoms with Gasteiger partial charge in [-0.15, -0.1) is 0 Å². The van der Waals surface area contributed by atoms with Crippen LogP contribution in [0.15, 0.2) is 24.3 Å². The Bertz CT molecular complexity index is 651. The number of methoxy groups -OCH3 is 1. The van der Waals surface area contributed by atoms with Crippen molar-refractivity contribution < 1.29 is 9.53 Å². The summed E-state index contributed by atoms with van der Waals surface area (Å²) in [5.74, 6) is 0.00593. The predicted octanol–water partition coefficient (Wildman–Crippen LogP) is 2.26. The van der Waals surface area contributed by atoms with Gasteiger partial charge >= 0.3 is 0 Å². The average Bonchev–Trinajstić information content (AvgIpc) is 2.91. The van der Waals surface area contributed by atoms with Crippen LogP contribution in [-0.4, -0.2) is 41.3 Å². The summed E-state index contributed by atoms with van der Waals surface area (Å²) >= 11 is 5.92. The average molecular weight is 306 g/mol. The number of hydrogen-bond acceptors (Lipinski definition) is 3. The molecule has 1 aliphatic heterocycles. The Labute approximate surface area is 127 Å². The SMILES string of the molecule is COCC(=O)N1CCc2[nH]nc(-c3ccc(Cl)cc3)c2C1. The van der Waals surface area contributed by atoms with E-state index in [4.69, 9.17) is 16.3 Å². The number of nitrogens with zero attached hydrogens (tertiary/aromatic N) is 2. The molecule has 0 radical (unpaired) electrons. The Morgan fingerprint density at radius 3 is 2.90 bits per heavy atom. The van der Waals surface area contributed by atoms with Crippen LogP contribution in [0.4, 0.5) is 0 Å². The molecular weight excluding hydrogens is 290 g/mol. The molecule has 21 heavy (non-hydrogen) atoms. The van der Waals surface area contributed by atoms with Gasteiger partial charge in [0.1, 0.15) is 6.61 Å². The predicted molar refractivity (Wildman–Crippen MR) is 80.0 cm³/mol. The number of aromatic nitrogens is 2. The third-order valence-electron chi connectivity index (χ3n) is 3.67. The smallest absolute Gasteiger partial charge is 0.248 e. The number of fused-ring (bicyclic) bond motifs is 1. The summed E-state index contributed by atoms with van der Waals surface area (Å²) in [7, 11) is 1.53. The van der Waals surface area contributed by atoms with Gasteiger partial charge in [0, 0.05) is 48.5 Å². The first-order valence-electron chi connectivity index (χ1n) is 6.78. The summed E-state index contributed by atoms with van der Waals surface area (Å²) in [4.78, 5) is 13.8. The Kier molecular flexibility index (Phi) is 3.94. The molecular formula is C15H16ClN3O2. The topological polar surface area (TPSA) is 58.2 Å². The minimum absolute atomic E-state index is 0.00593. The minimum atomic E-state index is 0.00593. The van der Waals surface area contributed by atoms with Crippen LogP contribution in [0.1, 0.15) is 11.3 Å². The molecule has 0 fully saturated rings. The maximum Gasteiger partial charge on any atom is 0.248 e. The Morgan fingerprint density at radius 2 is 2.19 bits per heavy atom. The molecule has 0 aliphatic carbocycles. The zero-order chi connectivity index (χ0) is 14.8. The molecule has 0 saturated heterocycles. The van der Waals surface area contributed by atoms with Gasteiger partial charge in [-0.1, -0.05) is 23.7 Å². The van der Waals surface area contributed by atoms with Gasteiger partial charge < -0.3 is 9.64 Å². The van der Waals surface area contributed by atoms with Gasteiger partial charge in [-0.05, 0) is 12.1 Å². The number of H-pyrrole nitrogens is 1. The van der Waals surface area contributed by atoms with E-state index in [9.17, 15) is 4.79 Å². The van der Waals surface area contributed by atoms with E-state index in [1.807, 2.05) is 24.3 Å². The van der Waals surface area contributed by atoms with Crippen LogP contribution in [0, 0.1) is 0 Å². The second-order valence-electron chi connectivity index (χ2n) is 5.03. The van der Waals surface area contributed by atoms with Crippen molar-refractivity contribution in [2.75, 3.05) is 20.3 Å². The van der Waals surface area contributed by atoms with Crippen LogP contribution in [0.3, 0.4) is 0 Å². The number of ether oxygens (including phenoxy) is 1. The van der Waals surface area contributed by atoms with Gasteiger partial charge in [0.15, 0.2) is 0 Å². The zero-order valence-electron chi connectivity index (χ0n) is 11.7. The molecule has 1 amide bonds. The maximum absolute atomic E-state index is 12.0. The van der Waals surface area contributed by atoms with Gasteiger partial charge in [0.25, 0.3) is 0 Å². The van der Waals surface area contributed by atoms with E-state index in [-0.39, 0.29) is 12.5 Å².